The number of amides is 1. The number of carbonyl (C=O) groups is 1. The Hall–Kier alpha value is -2.09. The van der Waals surface area contributed by atoms with E-state index >= 15 is 0 Å². The second-order valence-corrected chi connectivity index (χ2v) is 7.95. The quantitative estimate of drug-likeness (QED) is 0.793. The number of benzene rings is 2. The number of hydrogen-bond donors (Lipinski definition) is 0. The second-order valence-electron chi connectivity index (χ2n) is 7.95. The number of hydrogen-bond acceptors (Lipinski definition) is 1. The van der Waals surface area contributed by atoms with Crippen LogP contribution in [0, 0.1) is 0 Å². The van der Waals surface area contributed by atoms with E-state index in [1.807, 2.05) is 4.90 Å². The van der Waals surface area contributed by atoms with Crippen molar-refractivity contribution in [2.45, 2.75) is 50.9 Å². The van der Waals surface area contributed by atoms with Gasteiger partial charge in [-0.2, -0.15) is 0 Å². The number of rotatable bonds is 3. The summed E-state index contributed by atoms with van der Waals surface area (Å²) < 4.78 is 0. The van der Waals surface area contributed by atoms with Gasteiger partial charge in [-0.15, -0.1) is 0 Å². The van der Waals surface area contributed by atoms with E-state index in [9.17, 15) is 4.79 Å². The summed E-state index contributed by atoms with van der Waals surface area (Å²) in [6, 6.07) is 17.2. The largest absolute Gasteiger partial charge is 0.339 e. The molecule has 0 aromatic heterocycles. The number of likely N-dealkylation sites (tertiary alicyclic amines) is 1. The zero-order chi connectivity index (χ0) is 17.3. The molecule has 4 rings (SSSR count). The van der Waals surface area contributed by atoms with Crippen LogP contribution in [0.25, 0.3) is 0 Å². The van der Waals surface area contributed by atoms with Crippen molar-refractivity contribution in [3.63, 3.8) is 0 Å². The maximum absolute atomic E-state index is 12.8. The predicted molar refractivity (Wildman–Crippen MR) is 102 cm³/mol. The third-order valence-electron chi connectivity index (χ3n) is 6.03. The van der Waals surface area contributed by atoms with Crippen LogP contribution in [0.5, 0.6) is 0 Å². The Kier molecular flexibility index (Phi) is 4.37. The highest BCUT2D eigenvalue weighted by molar-refractivity contribution is 5.94. The Balaban J connectivity index is 1.56. The van der Waals surface area contributed by atoms with Crippen LogP contribution in [0.4, 0.5) is 0 Å². The lowest BCUT2D eigenvalue weighted by atomic mass is 9.78. The normalized spacial score (nSPS) is 22.7. The van der Waals surface area contributed by atoms with Crippen molar-refractivity contribution in [1.29, 1.82) is 0 Å². The van der Waals surface area contributed by atoms with Gasteiger partial charge >= 0.3 is 0 Å². The first-order valence-corrected chi connectivity index (χ1v) is 9.62. The summed E-state index contributed by atoms with van der Waals surface area (Å²) in [6.45, 7) is 4.21. The standard InChI is InChI=1S/C23H27NO/c1-23(17-18-8-4-2-5-9-18)13-12-19-16-20(10-11-21(19)23)22(25)24-14-6-3-7-15-24/h2,4-5,8-11,16H,3,6-7,12-15,17H2,1H3. The summed E-state index contributed by atoms with van der Waals surface area (Å²) in [4.78, 5) is 14.8. The van der Waals surface area contributed by atoms with E-state index in [2.05, 4.69) is 55.5 Å². The lowest BCUT2D eigenvalue weighted by Crippen LogP contribution is -2.35. The molecule has 0 N–H and O–H groups in total. The van der Waals surface area contributed by atoms with Gasteiger partial charge in [0.25, 0.3) is 5.91 Å². The van der Waals surface area contributed by atoms with Crippen LogP contribution in [0.3, 0.4) is 0 Å². The van der Waals surface area contributed by atoms with Crippen molar-refractivity contribution < 1.29 is 4.79 Å². The first-order valence-electron chi connectivity index (χ1n) is 9.62. The van der Waals surface area contributed by atoms with Crippen molar-refractivity contribution in [1.82, 2.24) is 4.90 Å². The van der Waals surface area contributed by atoms with Gasteiger partial charge in [0.2, 0.25) is 0 Å². The first-order chi connectivity index (χ1) is 12.2. The van der Waals surface area contributed by atoms with E-state index < -0.39 is 0 Å². The molecular weight excluding hydrogens is 306 g/mol. The highest BCUT2D eigenvalue weighted by Gasteiger charge is 2.35. The highest BCUT2D eigenvalue weighted by atomic mass is 16.2. The average molecular weight is 333 g/mol. The molecule has 2 aromatic carbocycles. The molecule has 2 nitrogen and oxygen atoms in total. The summed E-state index contributed by atoms with van der Waals surface area (Å²) in [5.74, 6) is 0.221. The highest BCUT2D eigenvalue weighted by Crippen LogP contribution is 2.41. The van der Waals surface area contributed by atoms with Gasteiger partial charge in [-0.25, -0.2) is 0 Å². The third-order valence-corrected chi connectivity index (χ3v) is 6.03. The monoisotopic (exact) mass is 333 g/mol. The van der Waals surface area contributed by atoms with Gasteiger partial charge in [0.05, 0.1) is 0 Å². The molecule has 0 radical (unpaired) electrons. The molecule has 25 heavy (non-hydrogen) atoms. The molecule has 2 aromatic rings. The second kappa shape index (κ2) is 6.67. The fourth-order valence-electron chi connectivity index (χ4n) is 4.58. The van der Waals surface area contributed by atoms with Gasteiger partial charge in [-0.3, -0.25) is 4.79 Å². The third kappa shape index (κ3) is 3.22. The van der Waals surface area contributed by atoms with Crippen LogP contribution >= 0.6 is 0 Å². The number of piperidine rings is 1. The minimum atomic E-state index is 0.184. The van der Waals surface area contributed by atoms with Crippen LogP contribution < -0.4 is 0 Å². The Morgan fingerprint density at radius 3 is 2.56 bits per heavy atom. The minimum Gasteiger partial charge on any atom is -0.339 e. The van der Waals surface area contributed by atoms with Crippen LogP contribution in [0.15, 0.2) is 48.5 Å². The minimum absolute atomic E-state index is 0.184. The van der Waals surface area contributed by atoms with E-state index in [0.717, 1.165) is 44.3 Å². The number of nitrogens with zero attached hydrogens (tertiary/aromatic N) is 1. The smallest absolute Gasteiger partial charge is 0.253 e. The molecule has 1 amide bonds. The summed E-state index contributed by atoms with van der Waals surface area (Å²) in [6.07, 6.45) is 6.86. The van der Waals surface area contributed by atoms with E-state index in [1.165, 1.54) is 29.5 Å². The Morgan fingerprint density at radius 1 is 1.04 bits per heavy atom. The molecule has 1 atom stereocenters. The molecule has 0 spiro atoms. The molecule has 1 aliphatic carbocycles. The fraction of sp³-hybridized carbons (Fsp3) is 0.435. The molecule has 1 saturated heterocycles. The zero-order valence-corrected chi connectivity index (χ0v) is 15.1. The van der Waals surface area contributed by atoms with E-state index in [4.69, 9.17) is 0 Å². The summed E-state index contributed by atoms with van der Waals surface area (Å²) in [5, 5.41) is 0. The molecule has 0 bridgehead atoms. The van der Waals surface area contributed by atoms with E-state index in [1.54, 1.807) is 0 Å². The molecule has 130 valence electrons. The molecular formula is C23H27NO. The van der Waals surface area contributed by atoms with Crippen molar-refractivity contribution in [3.8, 4) is 0 Å². The number of carbonyl (C=O) groups excluding carboxylic acids is 1. The zero-order valence-electron chi connectivity index (χ0n) is 15.1. The lowest BCUT2D eigenvalue weighted by molar-refractivity contribution is 0.0724. The summed E-state index contributed by atoms with van der Waals surface area (Å²) in [7, 11) is 0. The molecule has 0 saturated carbocycles. The topological polar surface area (TPSA) is 20.3 Å². The van der Waals surface area contributed by atoms with Crippen molar-refractivity contribution in [2.24, 2.45) is 0 Å². The fourth-order valence-corrected chi connectivity index (χ4v) is 4.58. The predicted octanol–water partition coefficient (Wildman–Crippen LogP) is 4.76. The van der Waals surface area contributed by atoms with Gasteiger partial charge in [0.1, 0.15) is 0 Å². The molecule has 2 heteroatoms. The van der Waals surface area contributed by atoms with Gasteiger partial charge < -0.3 is 4.90 Å². The maximum atomic E-state index is 12.8. The summed E-state index contributed by atoms with van der Waals surface area (Å²) in [5.41, 5.74) is 5.27. The van der Waals surface area contributed by atoms with E-state index in [-0.39, 0.29) is 11.3 Å². The van der Waals surface area contributed by atoms with Crippen LogP contribution in [0.1, 0.15) is 59.7 Å². The first kappa shape index (κ1) is 16.4. The Morgan fingerprint density at radius 2 is 1.80 bits per heavy atom. The average Bonchev–Trinajstić information content (AvgIpc) is 2.99. The lowest BCUT2D eigenvalue weighted by Gasteiger charge is -2.28. The molecule has 1 unspecified atom stereocenters. The van der Waals surface area contributed by atoms with E-state index in [0.29, 0.717) is 0 Å². The van der Waals surface area contributed by atoms with Gasteiger partial charge in [0.15, 0.2) is 0 Å². The van der Waals surface area contributed by atoms with Crippen LogP contribution in [0.2, 0.25) is 0 Å². The molecule has 1 aliphatic heterocycles. The van der Waals surface area contributed by atoms with Crippen LogP contribution in [-0.4, -0.2) is 23.9 Å². The van der Waals surface area contributed by atoms with Gasteiger partial charge in [0, 0.05) is 18.7 Å². The maximum Gasteiger partial charge on any atom is 0.253 e. The molecule has 1 heterocycles. The number of aryl methyl sites for hydroxylation is 1. The SMILES string of the molecule is CC1(Cc2ccccc2)CCc2cc(C(=O)N3CCCCC3)ccc21. The van der Waals surface area contributed by atoms with Crippen LogP contribution in [-0.2, 0) is 18.3 Å². The molecule has 2 aliphatic rings. The Labute approximate surface area is 150 Å². The Bertz CT molecular complexity index is 761. The van der Waals surface area contributed by atoms with Crippen molar-refractivity contribution in [2.75, 3.05) is 13.1 Å². The van der Waals surface area contributed by atoms with Crippen molar-refractivity contribution >= 4 is 5.91 Å². The number of fused-ring (bicyclic) bond motifs is 1. The van der Waals surface area contributed by atoms with Gasteiger partial charge in [-0.1, -0.05) is 43.3 Å². The van der Waals surface area contributed by atoms with Crippen molar-refractivity contribution in [3.05, 3.63) is 70.8 Å². The van der Waals surface area contributed by atoms with Gasteiger partial charge in [-0.05, 0) is 72.8 Å². The molecule has 1 fully saturated rings. The summed E-state index contributed by atoms with van der Waals surface area (Å²) >= 11 is 0.